The quantitative estimate of drug-likeness (QED) is 0.846. The van der Waals surface area contributed by atoms with Crippen LogP contribution in [0.3, 0.4) is 0 Å². The number of hydrogen-bond acceptors (Lipinski definition) is 3. The summed E-state index contributed by atoms with van der Waals surface area (Å²) in [7, 11) is 0. The maximum atomic E-state index is 12.8. The molecule has 1 fully saturated rings. The van der Waals surface area contributed by atoms with Crippen LogP contribution in [-0.4, -0.2) is 29.4 Å². The van der Waals surface area contributed by atoms with Crippen LogP contribution in [0, 0.1) is 0 Å². The van der Waals surface area contributed by atoms with E-state index in [1.807, 2.05) is 23.1 Å². The third kappa shape index (κ3) is 3.75. The summed E-state index contributed by atoms with van der Waals surface area (Å²) in [6, 6.07) is 10.1. The highest BCUT2D eigenvalue weighted by molar-refractivity contribution is 7.09. The lowest BCUT2D eigenvalue weighted by Crippen LogP contribution is -2.46. The molecular weight excluding hydrogens is 346 g/mol. The molecule has 3 amide bonds. The molecule has 0 bridgehead atoms. The molecule has 5 nitrogen and oxygen atoms in total. The minimum atomic E-state index is -0.0295. The number of aryl methyl sites for hydroxylation is 1. The van der Waals surface area contributed by atoms with E-state index in [2.05, 4.69) is 28.1 Å². The van der Waals surface area contributed by atoms with Crippen molar-refractivity contribution in [3.63, 3.8) is 0 Å². The van der Waals surface area contributed by atoms with Gasteiger partial charge in [-0.2, -0.15) is 0 Å². The van der Waals surface area contributed by atoms with Gasteiger partial charge in [-0.25, -0.2) is 4.79 Å². The lowest BCUT2D eigenvalue weighted by Gasteiger charge is -2.35. The van der Waals surface area contributed by atoms with Crippen molar-refractivity contribution in [3.8, 4) is 0 Å². The summed E-state index contributed by atoms with van der Waals surface area (Å²) in [5, 5.41) is 7.95. The Morgan fingerprint density at radius 1 is 1.31 bits per heavy atom. The number of thiophene rings is 1. The molecule has 3 heterocycles. The zero-order valence-corrected chi connectivity index (χ0v) is 15.5. The van der Waals surface area contributed by atoms with Crippen molar-refractivity contribution in [2.75, 3.05) is 17.2 Å². The Kier molecular flexibility index (Phi) is 4.93. The van der Waals surface area contributed by atoms with E-state index >= 15 is 0 Å². The molecule has 2 aromatic rings. The van der Waals surface area contributed by atoms with Gasteiger partial charge in [0.05, 0.1) is 6.42 Å². The van der Waals surface area contributed by atoms with Gasteiger partial charge in [-0.1, -0.05) is 6.07 Å². The van der Waals surface area contributed by atoms with E-state index in [0.717, 1.165) is 49.2 Å². The molecule has 0 spiro atoms. The van der Waals surface area contributed by atoms with Crippen molar-refractivity contribution in [2.24, 2.45) is 0 Å². The molecule has 136 valence electrons. The van der Waals surface area contributed by atoms with E-state index < -0.39 is 0 Å². The second-order valence-electron chi connectivity index (χ2n) is 6.99. The number of urea groups is 1. The van der Waals surface area contributed by atoms with Gasteiger partial charge in [0.2, 0.25) is 5.91 Å². The summed E-state index contributed by atoms with van der Waals surface area (Å²) in [6.45, 7) is 0.811. The standard InChI is InChI=1S/C20H23N3O2S/c24-19-13-14-12-15(6-9-18(14)22-19)21-20(25)23-10-2-1-4-16(23)7-8-17-5-3-11-26-17/h3,5-6,9,11-12,16H,1-2,4,7-8,10,13H2,(H,21,25)(H,22,24). The van der Waals surface area contributed by atoms with Crippen molar-refractivity contribution >= 4 is 34.6 Å². The van der Waals surface area contributed by atoms with Gasteiger partial charge in [-0.05, 0) is 67.3 Å². The van der Waals surface area contributed by atoms with Gasteiger partial charge in [0, 0.05) is 28.8 Å². The monoisotopic (exact) mass is 369 g/mol. The third-order valence-corrected chi connectivity index (χ3v) is 6.11. The number of likely N-dealkylation sites (tertiary alicyclic amines) is 1. The Morgan fingerprint density at radius 3 is 3.08 bits per heavy atom. The summed E-state index contributed by atoms with van der Waals surface area (Å²) < 4.78 is 0. The van der Waals surface area contributed by atoms with Crippen LogP contribution in [0.15, 0.2) is 35.7 Å². The number of nitrogens with one attached hydrogen (secondary N) is 2. The summed E-state index contributed by atoms with van der Waals surface area (Å²) in [4.78, 5) is 27.7. The fourth-order valence-electron chi connectivity index (χ4n) is 3.83. The van der Waals surface area contributed by atoms with Gasteiger partial charge in [-0.15, -0.1) is 11.3 Å². The zero-order valence-electron chi connectivity index (χ0n) is 14.7. The molecular formula is C20H23N3O2S. The lowest BCUT2D eigenvalue weighted by molar-refractivity contribution is -0.115. The molecule has 1 aromatic carbocycles. The first kappa shape index (κ1) is 17.1. The summed E-state index contributed by atoms with van der Waals surface area (Å²) in [5.41, 5.74) is 2.55. The normalized spacial score (nSPS) is 19.2. The predicted molar refractivity (Wildman–Crippen MR) is 105 cm³/mol. The molecule has 2 aliphatic rings. The minimum absolute atomic E-state index is 0.00754. The first-order valence-electron chi connectivity index (χ1n) is 9.22. The molecule has 0 saturated carbocycles. The number of anilines is 2. The number of fused-ring (bicyclic) bond motifs is 1. The zero-order chi connectivity index (χ0) is 17.9. The number of nitrogens with zero attached hydrogens (tertiary/aromatic N) is 1. The number of hydrogen-bond donors (Lipinski definition) is 2. The van der Waals surface area contributed by atoms with Crippen LogP contribution in [0.1, 0.15) is 36.1 Å². The van der Waals surface area contributed by atoms with Gasteiger partial charge in [0.25, 0.3) is 0 Å². The molecule has 0 aliphatic carbocycles. The highest BCUT2D eigenvalue weighted by Gasteiger charge is 2.27. The van der Waals surface area contributed by atoms with Crippen LogP contribution < -0.4 is 10.6 Å². The van der Waals surface area contributed by atoms with Gasteiger partial charge < -0.3 is 15.5 Å². The summed E-state index contributed by atoms with van der Waals surface area (Å²) in [6.07, 6.45) is 5.74. The van der Waals surface area contributed by atoms with E-state index in [9.17, 15) is 9.59 Å². The highest BCUT2D eigenvalue weighted by Crippen LogP contribution is 2.27. The number of carbonyl (C=O) groups is 2. The molecule has 26 heavy (non-hydrogen) atoms. The fourth-order valence-corrected chi connectivity index (χ4v) is 4.56. The fraction of sp³-hybridized carbons (Fsp3) is 0.400. The second-order valence-corrected chi connectivity index (χ2v) is 8.02. The van der Waals surface area contributed by atoms with E-state index in [1.165, 1.54) is 11.3 Å². The van der Waals surface area contributed by atoms with Gasteiger partial charge in [0.15, 0.2) is 0 Å². The second kappa shape index (κ2) is 7.50. The lowest BCUT2D eigenvalue weighted by atomic mass is 9.98. The van der Waals surface area contributed by atoms with Crippen molar-refractivity contribution in [2.45, 2.75) is 44.6 Å². The Bertz CT molecular complexity index is 803. The average molecular weight is 369 g/mol. The topological polar surface area (TPSA) is 61.4 Å². The Labute approximate surface area is 157 Å². The molecule has 6 heteroatoms. The SMILES string of the molecule is O=C1Cc2cc(NC(=O)N3CCCCC3CCc3cccs3)ccc2N1. The molecule has 2 aliphatic heterocycles. The Hall–Kier alpha value is -2.34. The smallest absolute Gasteiger partial charge is 0.322 e. The number of rotatable bonds is 4. The van der Waals surface area contributed by atoms with E-state index in [-0.39, 0.29) is 11.9 Å². The van der Waals surface area contributed by atoms with E-state index in [1.54, 1.807) is 11.3 Å². The maximum absolute atomic E-state index is 12.8. The third-order valence-electron chi connectivity index (χ3n) is 5.17. The number of benzene rings is 1. The summed E-state index contributed by atoms with van der Waals surface area (Å²) in [5.74, 6) is 0.00754. The number of carbonyl (C=O) groups excluding carboxylic acids is 2. The van der Waals surface area contributed by atoms with Crippen molar-refractivity contribution in [1.29, 1.82) is 0 Å². The van der Waals surface area contributed by atoms with Crippen LogP contribution in [0.2, 0.25) is 0 Å². The van der Waals surface area contributed by atoms with Crippen LogP contribution in [0.5, 0.6) is 0 Å². The first-order valence-corrected chi connectivity index (χ1v) is 10.1. The van der Waals surface area contributed by atoms with Gasteiger partial charge in [0.1, 0.15) is 0 Å². The van der Waals surface area contributed by atoms with Crippen LogP contribution in [0.25, 0.3) is 0 Å². The van der Waals surface area contributed by atoms with E-state index in [0.29, 0.717) is 12.5 Å². The molecule has 4 rings (SSSR count). The molecule has 1 aromatic heterocycles. The molecule has 1 atom stereocenters. The molecule has 2 N–H and O–H groups in total. The summed E-state index contributed by atoms with van der Waals surface area (Å²) >= 11 is 1.78. The van der Waals surface area contributed by atoms with Crippen LogP contribution >= 0.6 is 11.3 Å². The number of piperidine rings is 1. The minimum Gasteiger partial charge on any atom is -0.326 e. The van der Waals surface area contributed by atoms with Crippen LogP contribution in [0.4, 0.5) is 16.2 Å². The molecule has 0 radical (unpaired) electrons. The predicted octanol–water partition coefficient (Wildman–Crippen LogP) is 4.26. The van der Waals surface area contributed by atoms with Crippen molar-refractivity contribution in [1.82, 2.24) is 4.90 Å². The van der Waals surface area contributed by atoms with Gasteiger partial charge >= 0.3 is 6.03 Å². The molecule has 1 unspecified atom stereocenters. The maximum Gasteiger partial charge on any atom is 0.322 e. The largest absolute Gasteiger partial charge is 0.326 e. The Balaban J connectivity index is 1.40. The average Bonchev–Trinajstić information content (AvgIpc) is 3.28. The molecule has 1 saturated heterocycles. The number of amides is 3. The van der Waals surface area contributed by atoms with Gasteiger partial charge in [-0.3, -0.25) is 4.79 Å². The van der Waals surface area contributed by atoms with Crippen molar-refractivity contribution in [3.05, 3.63) is 46.2 Å². The van der Waals surface area contributed by atoms with Crippen LogP contribution in [-0.2, 0) is 17.6 Å². The van der Waals surface area contributed by atoms with E-state index in [4.69, 9.17) is 0 Å². The Morgan fingerprint density at radius 2 is 2.23 bits per heavy atom. The first-order chi connectivity index (χ1) is 12.7. The van der Waals surface area contributed by atoms with Crippen molar-refractivity contribution < 1.29 is 9.59 Å². The highest BCUT2D eigenvalue weighted by atomic mass is 32.1.